The van der Waals surface area contributed by atoms with Gasteiger partial charge < -0.3 is 9.84 Å². The SMILES string of the molecule is CCNC(=O)c1nocc1Br. The molecule has 1 amide bonds. The van der Waals surface area contributed by atoms with Gasteiger partial charge in [0.1, 0.15) is 6.26 Å². The highest BCUT2D eigenvalue weighted by Crippen LogP contribution is 2.13. The highest BCUT2D eigenvalue weighted by molar-refractivity contribution is 9.10. The number of nitrogens with zero attached hydrogens (tertiary/aromatic N) is 1. The summed E-state index contributed by atoms with van der Waals surface area (Å²) in [4.78, 5) is 11.1. The molecule has 1 aromatic heterocycles. The van der Waals surface area contributed by atoms with Gasteiger partial charge in [-0.25, -0.2) is 0 Å². The lowest BCUT2D eigenvalue weighted by atomic mass is 10.4. The first-order chi connectivity index (χ1) is 5.25. The first-order valence-corrected chi connectivity index (χ1v) is 3.93. The molecule has 1 heterocycles. The molecule has 0 fully saturated rings. The third-order valence-corrected chi connectivity index (χ3v) is 1.64. The van der Waals surface area contributed by atoms with Gasteiger partial charge in [0.05, 0.1) is 4.47 Å². The summed E-state index contributed by atoms with van der Waals surface area (Å²) in [5.41, 5.74) is 0.284. The van der Waals surface area contributed by atoms with Crippen LogP contribution in [0, 0.1) is 0 Å². The van der Waals surface area contributed by atoms with Crippen LogP contribution < -0.4 is 5.32 Å². The Labute approximate surface area is 72.1 Å². The molecule has 0 atom stereocenters. The third-order valence-electron chi connectivity index (χ3n) is 1.08. The predicted octanol–water partition coefficient (Wildman–Crippen LogP) is 1.19. The maximum atomic E-state index is 11.1. The third kappa shape index (κ3) is 1.80. The number of carbonyl (C=O) groups is 1. The summed E-state index contributed by atoms with van der Waals surface area (Å²) >= 11 is 3.12. The van der Waals surface area contributed by atoms with Gasteiger partial charge in [0.15, 0.2) is 5.69 Å². The van der Waals surface area contributed by atoms with Crippen LogP contribution in [-0.2, 0) is 0 Å². The van der Waals surface area contributed by atoms with Gasteiger partial charge in [-0.15, -0.1) is 0 Å². The van der Waals surface area contributed by atoms with Crippen molar-refractivity contribution in [1.29, 1.82) is 0 Å². The van der Waals surface area contributed by atoms with E-state index < -0.39 is 0 Å². The molecule has 1 rings (SSSR count). The van der Waals surface area contributed by atoms with Gasteiger partial charge >= 0.3 is 0 Å². The minimum atomic E-state index is -0.229. The van der Waals surface area contributed by atoms with Crippen molar-refractivity contribution < 1.29 is 9.32 Å². The molecule has 1 N–H and O–H groups in total. The van der Waals surface area contributed by atoms with Gasteiger partial charge in [-0.1, -0.05) is 5.16 Å². The lowest BCUT2D eigenvalue weighted by Gasteiger charge is -1.95. The Balaban J connectivity index is 2.76. The van der Waals surface area contributed by atoms with Crippen LogP contribution >= 0.6 is 15.9 Å². The Kier molecular flexibility index (Phi) is 2.64. The topological polar surface area (TPSA) is 55.1 Å². The number of amides is 1. The van der Waals surface area contributed by atoms with E-state index in [1.165, 1.54) is 6.26 Å². The molecule has 0 saturated carbocycles. The van der Waals surface area contributed by atoms with Gasteiger partial charge in [-0.2, -0.15) is 0 Å². The lowest BCUT2D eigenvalue weighted by molar-refractivity contribution is 0.0946. The first kappa shape index (κ1) is 8.26. The second-order valence-electron chi connectivity index (χ2n) is 1.87. The zero-order chi connectivity index (χ0) is 8.27. The van der Waals surface area contributed by atoms with Crippen molar-refractivity contribution in [1.82, 2.24) is 10.5 Å². The molecule has 0 aliphatic carbocycles. The molecule has 5 heteroatoms. The average molecular weight is 219 g/mol. The van der Waals surface area contributed by atoms with E-state index in [4.69, 9.17) is 0 Å². The smallest absolute Gasteiger partial charge is 0.274 e. The normalized spacial score (nSPS) is 9.64. The predicted molar refractivity (Wildman–Crippen MR) is 42.2 cm³/mol. The molecule has 1 aromatic rings. The fraction of sp³-hybridized carbons (Fsp3) is 0.333. The largest absolute Gasteiger partial charge is 0.363 e. The van der Waals surface area contributed by atoms with Crippen molar-refractivity contribution in [3.05, 3.63) is 16.4 Å². The maximum Gasteiger partial charge on any atom is 0.274 e. The summed E-state index contributed by atoms with van der Waals surface area (Å²) in [6.45, 7) is 2.42. The standard InChI is InChI=1S/C6H7BrN2O2/c1-2-8-6(10)5-4(7)3-11-9-5/h3H,2H2,1H3,(H,8,10). The fourth-order valence-corrected chi connectivity index (χ4v) is 0.955. The van der Waals surface area contributed by atoms with Crippen molar-refractivity contribution >= 4 is 21.8 Å². The molecule has 0 radical (unpaired) electrons. The van der Waals surface area contributed by atoms with E-state index in [1.807, 2.05) is 6.92 Å². The summed E-state index contributed by atoms with van der Waals surface area (Å²) < 4.78 is 5.13. The lowest BCUT2D eigenvalue weighted by Crippen LogP contribution is -2.23. The average Bonchev–Trinajstić information content (AvgIpc) is 2.36. The van der Waals surface area contributed by atoms with E-state index in [2.05, 4.69) is 30.9 Å². The van der Waals surface area contributed by atoms with Crippen molar-refractivity contribution in [3.8, 4) is 0 Å². The quantitative estimate of drug-likeness (QED) is 0.812. The first-order valence-electron chi connectivity index (χ1n) is 3.13. The summed E-state index contributed by atoms with van der Waals surface area (Å²) in [6.07, 6.45) is 1.37. The van der Waals surface area contributed by atoms with E-state index in [1.54, 1.807) is 0 Å². The Hall–Kier alpha value is -0.840. The van der Waals surface area contributed by atoms with Crippen molar-refractivity contribution in [3.63, 3.8) is 0 Å². The van der Waals surface area contributed by atoms with Crippen LogP contribution in [0.15, 0.2) is 15.3 Å². The van der Waals surface area contributed by atoms with Crippen LogP contribution in [0.2, 0.25) is 0 Å². The highest BCUT2D eigenvalue weighted by Gasteiger charge is 2.12. The van der Waals surface area contributed by atoms with Gasteiger partial charge in [0.25, 0.3) is 5.91 Å². The van der Waals surface area contributed by atoms with Crippen LogP contribution in [0.3, 0.4) is 0 Å². The van der Waals surface area contributed by atoms with Crippen LogP contribution in [0.1, 0.15) is 17.4 Å². The molecule has 0 unspecified atom stereocenters. The number of nitrogens with one attached hydrogen (secondary N) is 1. The highest BCUT2D eigenvalue weighted by atomic mass is 79.9. The van der Waals surface area contributed by atoms with E-state index in [9.17, 15) is 4.79 Å². The Morgan fingerprint density at radius 2 is 2.64 bits per heavy atom. The second kappa shape index (κ2) is 3.52. The molecular formula is C6H7BrN2O2. The van der Waals surface area contributed by atoms with Gasteiger partial charge in [-0.05, 0) is 22.9 Å². The number of rotatable bonds is 2. The molecule has 0 aliphatic rings. The summed E-state index contributed by atoms with van der Waals surface area (Å²) in [6, 6.07) is 0. The van der Waals surface area contributed by atoms with Crippen LogP contribution in [0.5, 0.6) is 0 Å². The molecule has 4 nitrogen and oxygen atoms in total. The zero-order valence-electron chi connectivity index (χ0n) is 5.93. The molecule has 0 aromatic carbocycles. The molecular weight excluding hydrogens is 212 g/mol. The zero-order valence-corrected chi connectivity index (χ0v) is 7.51. The van der Waals surface area contributed by atoms with E-state index in [0.717, 1.165) is 0 Å². The van der Waals surface area contributed by atoms with Crippen LogP contribution in [-0.4, -0.2) is 17.6 Å². The van der Waals surface area contributed by atoms with Crippen molar-refractivity contribution in [2.24, 2.45) is 0 Å². The number of halogens is 1. The summed E-state index contributed by atoms with van der Waals surface area (Å²) in [7, 11) is 0. The number of hydrogen-bond acceptors (Lipinski definition) is 3. The minimum absolute atomic E-state index is 0.229. The summed E-state index contributed by atoms with van der Waals surface area (Å²) in [5, 5.41) is 6.10. The molecule has 0 aliphatic heterocycles. The number of hydrogen-bond donors (Lipinski definition) is 1. The Morgan fingerprint density at radius 3 is 3.09 bits per heavy atom. The minimum Gasteiger partial charge on any atom is -0.363 e. The monoisotopic (exact) mass is 218 g/mol. The van der Waals surface area contributed by atoms with Crippen molar-refractivity contribution in [2.75, 3.05) is 6.54 Å². The van der Waals surface area contributed by atoms with Crippen LogP contribution in [0.25, 0.3) is 0 Å². The molecule has 60 valence electrons. The number of carbonyl (C=O) groups excluding carboxylic acids is 1. The Morgan fingerprint density at radius 1 is 1.91 bits per heavy atom. The van der Waals surface area contributed by atoms with E-state index in [0.29, 0.717) is 11.0 Å². The fourth-order valence-electron chi connectivity index (χ4n) is 0.619. The Bertz CT molecular complexity index is 259. The van der Waals surface area contributed by atoms with Crippen LogP contribution in [0.4, 0.5) is 0 Å². The maximum absolute atomic E-state index is 11.1. The molecule has 11 heavy (non-hydrogen) atoms. The molecule has 0 saturated heterocycles. The molecule has 0 spiro atoms. The number of aromatic nitrogens is 1. The second-order valence-corrected chi connectivity index (χ2v) is 2.72. The van der Waals surface area contributed by atoms with E-state index >= 15 is 0 Å². The summed E-state index contributed by atoms with van der Waals surface area (Å²) in [5.74, 6) is -0.229. The molecule has 0 bridgehead atoms. The van der Waals surface area contributed by atoms with E-state index in [-0.39, 0.29) is 11.6 Å². The van der Waals surface area contributed by atoms with Gasteiger partial charge in [-0.3, -0.25) is 4.79 Å². The van der Waals surface area contributed by atoms with Crippen molar-refractivity contribution in [2.45, 2.75) is 6.92 Å². The van der Waals surface area contributed by atoms with Gasteiger partial charge in [0.2, 0.25) is 0 Å². The van der Waals surface area contributed by atoms with Gasteiger partial charge in [0, 0.05) is 6.54 Å².